The minimum absolute atomic E-state index is 0.000180. The standard InChI is InChI=1S/C33H36F3N5O5S2/c1-33(2,3)46-32(42)39-18-23-16-21(12-15-38-23)30-29(40-31(47-30)20-10-13-37-14-11-20)24-6-5-7-26(28(24)36)41(19-45-4)48(43,44)27-17-22(34)8-9-25(27)35/h5-9,12,15-17,20,37H,10-11,13-14,18-19H2,1-4H3,(H,39,42). The van der Waals surface area contributed by atoms with Crippen LogP contribution in [0.1, 0.15) is 50.2 Å². The molecule has 10 nitrogen and oxygen atoms in total. The predicted molar refractivity (Wildman–Crippen MR) is 177 cm³/mol. The number of benzene rings is 2. The summed E-state index contributed by atoms with van der Waals surface area (Å²) < 4.78 is 83.6. The molecule has 1 aliphatic heterocycles. The maximum atomic E-state index is 16.7. The average Bonchev–Trinajstić information content (AvgIpc) is 3.49. The molecule has 2 aromatic heterocycles. The number of hydrogen-bond acceptors (Lipinski definition) is 9. The van der Waals surface area contributed by atoms with E-state index in [-0.39, 0.29) is 23.7 Å². The second kappa shape index (κ2) is 14.6. The number of methoxy groups -OCH3 is 1. The quantitative estimate of drug-likeness (QED) is 0.178. The number of rotatable bonds is 10. The Bertz CT molecular complexity index is 1890. The van der Waals surface area contributed by atoms with Crippen LogP contribution in [-0.4, -0.2) is 57.0 Å². The van der Waals surface area contributed by atoms with Gasteiger partial charge < -0.3 is 20.1 Å². The molecule has 1 aliphatic rings. The number of aromatic nitrogens is 2. The average molecular weight is 704 g/mol. The molecule has 0 aliphatic carbocycles. The van der Waals surface area contributed by atoms with Crippen molar-refractivity contribution in [2.24, 2.45) is 0 Å². The summed E-state index contributed by atoms with van der Waals surface area (Å²) in [6, 6.07) is 9.69. The molecule has 2 aromatic carbocycles. The molecule has 0 radical (unpaired) electrons. The SMILES string of the molecule is COCN(c1cccc(-c2nc(C3CCNCC3)sc2-c2ccnc(CNC(=O)OC(C)(C)C)c2)c1F)S(=O)(=O)c1cc(F)ccc1F. The Kier molecular flexibility index (Phi) is 10.7. The number of hydrogen-bond donors (Lipinski definition) is 2. The number of ether oxygens (including phenoxy) is 2. The van der Waals surface area contributed by atoms with E-state index in [9.17, 15) is 22.0 Å². The maximum Gasteiger partial charge on any atom is 0.407 e. The van der Waals surface area contributed by atoms with E-state index in [2.05, 4.69) is 15.6 Å². The summed E-state index contributed by atoms with van der Waals surface area (Å²) >= 11 is 1.40. The van der Waals surface area contributed by atoms with Crippen LogP contribution in [0.2, 0.25) is 0 Å². The normalized spacial score (nSPS) is 14.1. The molecule has 15 heteroatoms. The lowest BCUT2D eigenvalue weighted by Gasteiger charge is -2.25. The van der Waals surface area contributed by atoms with Crippen LogP contribution in [0, 0.1) is 17.5 Å². The molecule has 256 valence electrons. The van der Waals surface area contributed by atoms with Gasteiger partial charge in [-0.2, -0.15) is 0 Å². The lowest BCUT2D eigenvalue weighted by Crippen LogP contribution is -2.34. The number of piperidine rings is 1. The van der Waals surface area contributed by atoms with Gasteiger partial charge in [0.2, 0.25) is 0 Å². The fraction of sp³-hybridized carbons (Fsp3) is 0.364. The summed E-state index contributed by atoms with van der Waals surface area (Å²) in [7, 11) is -3.62. The second-order valence-corrected chi connectivity index (χ2v) is 15.0. The van der Waals surface area contributed by atoms with E-state index in [4.69, 9.17) is 14.5 Å². The first kappa shape index (κ1) is 35.3. The first-order valence-corrected chi connectivity index (χ1v) is 17.4. The molecule has 0 atom stereocenters. The van der Waals surface area contributed by atoms with Crippen molar-refractivity contribution in [2.75, 3.05) is 31.2 Å². The molecular formula is C33H36F3N5O5S2. The Morgan fingerprint density at radius 3 is 2.56 bits per heavy atom. The van der Waals surface area contributed by atoms with Gasteiger partial charge in [0.15, 0.2) is 5.82 Å². The Morgan fingerprint density at radius 2 is 1.85 bits per heavy atom. The van der Waals surface area contributed by atoms with E-state index in [1.807, 2.05) is 0 Å². The number of pyridine rings is 1. The van der Waals surface area contributed by atoms with Gasteiger partial charge in [0.1, 0.15) is 28.9 Å². The third kappa shape index (κ3) is 7.97. The highest BCUT2D eigenvalue weighted by atomic mass is 32.2. The molecule has 0 saturated carbocycles. The van der Waals surface area contributed by atoms with Crippen molar-refractivity contribution in [3.8, 4) is 21.7 Å². The molecule has 1 amide bonds. The van der Waals surface area contributed by atoms with Gasteiger partial charge in [-0.1, -0.05) is 6.07 Å². The molecule has 1 saturated heterocycles. The van der Waals surface area contributed by atoms with Crippen LogP contribution in [0.5, 0.6) is 0 Å². The van der Waals surface area contributed by atoms with Crippen molar-refractivity contribution in [3.05, 3.63) is 82.9 Å². The summed E-state index contributed by atoms with van der Waals surface area (Å²) in [6.45, 7) is 6.27. The molecule has 0 unspecified atom stereocenters. The number of carbonyl (C=O) groups is 1. The highest BCUT2D eigenvalue weighted by Crippen LogP contribution is 2.43. The van der Waals surface area contributed by atoms with Crippen LogP contribution < -0.4 is 14.9 Å². The lowest BCUT2D eigenvalue weighted by molar-refractivity contribution is 0.0523. The first-order chi connectivity index (χ1) is 22.8. The molecule has 3 heterocycles. The smallest absolute Gasteiger partial charge is 0.407 e. The van der Waals surface area contributed by atoms with Crippen LogP contribution in [-0.2, 0) is 26.0 Å². The van der Waals surface area contributed by atoms with E-state index < -0.39 is 56.5 Å². The number of alkyl carbamates (subject to hydrolysis) is 1. The Hall–Kier alpha value is -4.05. The molecule has 0 spiro atoms. The van der Waals surface area contributed by atoms with Gasteiger partial charge in [-0.15, -0.1) is 11.3 Å². The lowest BCUT2D eigenvalue weighted by atomic mass is 9.99. The zero-order valence-electron chi connectivity index (χ0n) is 26.8. The van der Waals surface area contributed by atoms with Gasteiger partial charge in [0.25, 0.3) is 10.0 Å². The number of nitrogens with one attached hydrogen (secondary N) is 2. The fourth-order valence-corrected chi connectivity index (χ4v) is 7.93. The summed E-state index contributed by atoms with van der Waals surface area (Å²) in [5, 5.41) is 6.81. The minimum atomic E-state index is -4.82. The monoisotopic (exact) mass is 703 g/mol. The van der Waals surface area contributed by atoms with Crippen molar-refractivity contribution >= 4 is 33.1 Å². The van der Waals surface area contributed by atoms with E-state index in [0.29, 0.717) is 32.6 Å². The zero-order chi connectivity index (χ0) is 34.6. The Balaban J connectivity index is 1.58. The molecule has 0 bridgehead atoms. The summed E-state index contributed by atoms with van der Waals surface area (Å²) in [6.07, 6.45) is 2.63. The number of thiazole rings is 1. The zero-order valence-corrected chi connectivity index (χ0v) is 28.5. The van der Waals surface area contributed by atoms with Crippen LogP contribution in [0.25, 0.3) is 21.7 Å². The maximum absolute atomic E-state index is 16.7. The number of halogens is 3. The molecule has 2 N–H and O–H groups in total. The highest BCUT2D eigenvalue weighted by Gasteiger charge is 2.32. The van der Waals surface area contributed by atoms with Gasteiger partial charge in [-0.3, -0.25) is 4.98 Å². The van der Waals surface area contributed by atoms with Crippen molar-refractivity contribution in [1.82, 2.24) is 20.6 Å². The highest BCUT2D eigenvalue weighted by molar-refractivity contribution is 7.92. The fourth-order valence-electron chi connectivity index (χ4n) is 5.23. The summed E-state index contributed by atoms with van der Waals surface area (Å²) in [5.74, 6) is -3.00. The number of anilines is 1. The van der Waals surface area contributed by atoms with Crippen LogP contribution >= 0.6 is 11.3 Å². The van der Waals surface area contributed by atoms with Crippen molar-refractivity contribution in [2.45, 2.75) is 56.6 Å². The minimum Gasteiger partial charge on any atom is -0.444 e. The molecule has 48 heavy (non-hydrogen) atoms. The van der Waals surface area contributed by atoms with Gasteiger partial charge in [0, 0.05) is 24.8 Å². The summed E-state index contributed by atoms with van der Waals surface area (Å²) in [4.78, 5) is 21.2. The van der Waals surface area contributed by atoms with Crippen LogP contribution in [0.3, 0.4) is 0 Å². The van der Waals surface area contributed by atoms with E-state index in [0.717, 1.165) is 37.0 Å². The van der Waals surface area contributed by atoms with Crippen LogP contribution in [0.4, 0.5) is 23.7 Å². The number of sulfonamides is 1. The van der Waals surface area contributed by atoms with Gasteiger partial charge in [0.05, 0.1) is 33.5 Å². The Labute approximate surface area is 281 Å². The van der Waals surface area contributed by atoms with E-state index in [1.165, 1.54) is 36.6 Å². The van der Waals surface area contributed by atoms with Crippen LogP contribution in [0.15, 0.2) is 59.6 Å². The van der Waals surface area contributed by atoms with Gasteiger partial charge in [-0.05, 0) is 94.7 Å². The van der Waals surface area contributed by atoms with E-state index >= 15 is 4.39 Å². The number of carbonyl (C=O) groups excluding carboxylic acids is 1. The number of amides is 1. The predicted octanol–water partition coefficient (Wildman–Crippen LogP) is 6.58. The molecular weight excluding hydrogens is 668 g/mol. The molecule has 1 fully saturated rings. The van der Waals surface area contributed by atoms with Crippen molar-refractivity contribution in [3.63, 3.8) is 0 Å². The second-order valence-electron chi connectivity index (χ2n) is 12.1. The largest absolute Gasteiger partial charge is 0.444 e. The third-order valence-electron chi connectivity index (χ3n) is 7.43. The van der Waals surface area contributed by atoms with Crippen molar-refractivity contribution < 1.29 is 35.9 Å². The van der Waals surface area contributed by atoms with Crippen molar-refractivity contribution in [1.29, 1.82) is 0 Å². The third-order valence-corrected chi connectivity index (χ3v) is 10.5. The van der Waals surface area contributed by atoms with Gasteiger partial charge in [-0.25, -0.2) is 35.7 Å². The molecule has 4 aromatic rings. The topological polar surface area (TPSA) is 123 Å². The van der Waals surface area contributed by atoms with E-state index in [1.54, 1.807) is 39.1 Å². The Morgan fingerprint density at radius 1 is 1.10 bits per heavy atom. The molecule has 5 rings (SSSR count). The van der Waals surface area contributed by atoms with Gasteiger partial charge >= 0.3 is 6.09 Å². The summed E-state index contributed by atoms with van der Waals surface area (Å²) in [5.41, 5.74) is 0.343. The first-order valence-electron chi connectivity index (χ1n) is 15.2. The number of nitrogens with zero attached hydrogens (tertiary/aromatic N) is 3.